The number of unbranched alkanes of at least 4 members (excludes halogenated alkanes) is 1. The number of methoxy groups -OCH3 is 1. The third-order valence-corrected chi connectivity index (χ3v) is 7.76. The van der Waals surface area contributed by atoms with E-state index in [1.807, 2.05) is 12.1 Å². The minimum Gasteiger partial charge on any atom is -0.496 e. The molecule has 3 N–H and O–H groups in total. The summed E-state index contributed by atoms with van der Waals surface area (Å²) >= 11 is 0. The second-order valence-electron chi connectivity index (χ2n) is 14.2. The third-order valence-electron chi connectivity index (χ3n) is 7.76. The molecule has 44 heavy (non-hydrogen) atoms. The summed E-state index contributed by atoms with van der Waals surface area (Å²) in [5.74, 6) is -0.451. The van der Waals surface area contributed by atoms with Gasteiger partial charge in [-0.2, -0.15) is 0 Å². The van der Waals surface area contributed by atoms with Crippen LogP contribution in [-0.2, 0) is 26.1 Å². The summed E-state index contributed by atoms with van der Waals surface area (Å²) in [6.07, 6.45) is 1.27. The van der Waals surface area contributed by atoms with Gasteiger partial charge in [-0.15, -0.1) is 0 Å². The molecule has 0 radical (unpaired) electrons. The van der Waals surface area contributed by atoms with E-state index >= 15 is 0 Å². The van der Waals surface area contributed by atoms with E-state index in [0.29, 0.717) is 30.7 Å². The summed E-state index contributed by atoms with van der Waals surface area (Å²) in [5.41, 5.74) is 1.10. The summed E-state index contributed by atoms with van der Waals surface area (Å²) in [5, 5.41) is 17.2. The first-order valence-corrected chi connectivity index (χ1v) is 16.2. The highest BCUT2D eigenvalue weighted by atomic mass is 16.6. The molecule has 0 saturated heterocycles. The van der Waals surface area contributed by atoms with Gasteiger partial charge in [-0.1, -0.05) is 67.0 Å². The number of aliphatic hydroxyl groups is 1. The maximum absolute atomic E-state index is 13.3. The average Bonchev–Trinajstić information content (AvgIpc) is 2.89. The lowest BCUT2D eigenvalue weighted by Crippen LogP contribution is -2.48. The first-order valence-electron chi connectivity index (χ1n) is 16.2. The Bertz CT molecular complexity index is 1070. The van der Waals surface area contributed by atoms with Crippen molar-refractivity contribution >= 4 is 18.0 Å². The van der Waals surface area contributed by atoms with Crippen LogP contribution in [0.3, 0.4) is 0 Å². The highest BCUT2D eigenvalue weighted by Gasteiger charge is 2.33. The van der Waals surface area contributed by atoms with Gasteiger partial charge in [0.15, 0.2) is 0 Å². The number of esters is 1. The zero-order chi connectivity index (χ0) is 33.8. The zero-order valence-electron chi connectivity index (χ0n) is 29.4. The summed E-state index contributed by atoms with van der Waals surface area (Å²) in [6, 6.07) is 3.27. The van der Waals surface area contributed by atoms with Crippen molar-refractivity contribution in [3.8, 4) is 5.75 Å². The molecule has 0 bridgehead atoms. The quantitative estimate of drug-likeness (QED) is 0.141. The van der Waals surface area contributed by atoms with E-state index < -0.39 is 35.7 Å². The van der Waals surface area contributed by atoms with Crippen LogP contribution in [0.15, 0.2) is 12.1 Å². The number of rotatable bonds is 16. The van der Waals surface area contributed by atoms with Crippen LogP contribution < -0.4 is 15.4 Å². The van der Waals surface area contributed by atoms with Crippen molar-refractivity contribution in [2.45, 2.75) is 131 Å². The van der Waals surface area contributed by atoms with Gasteiger partial charge in [0.1, 0.15) is 16.9 Å². The Kier molecular flexibility index (Phi) is 15.7. The topological polar surface area (TPSA) is 123 Å². The van der Waals surface area contributed by atoms with Crippen LogP contribution >= 0.6 is 0 Å². The Hall–Kier alpha value is -2.81. The van der Waals surface area contributed by atoms with E-state index in [1.54, 1.807) is 41.7 Å². The minimum absolute atomic E-state index is 0.0587. The lowest BCUT2D eigenvalue weighted by atomic mass is 9.79. The smallest absolute Gasteiger partial charge is 0.407 e. The van der Waals surface area contributed by atoms with Crippen LogP contribution in [0.25, 0.3) is 0 Å². The molecule has 0 spiro atoms. The van der Waals surface area contributed by atoms with Crippen molar-refractivity contribution in [3.63, 3.8) is 0 Å². The molecule has 4 atom stereocenters. The van der Waals surface area contributed by atoms with Gasteiger partial charge in [-0.3, -0.25) is 4.79 Å². The number of aliphatic hydroxyl groups excluding tert-OH is 1. The van der Waals surface area contributed by atoms with Crippen LogP contribution in [0, 0.1) is 17.8 Å². The Labute approximate surface area is 266 Å². The number of carbonyl (C=O) groups is 3. The van der Waals surface area contributed by atoms with Crippen molar-refractivity contribution in [2.75, 3.05) is 20.3 Å². The standard InChI is InChI=1S/C35H60N2O7/c1-13-15-18-36-31(39)23(5)19-28(38)27(37-33(41)44-35(9,10)11)21-25(22(3)4)20-24-16-17-26(34(6,7)8)30(42-12)29(24)32(40)43-14-2/h16-17,22-23,25,27-28,38H,13-15,18-21H2,1-12H3,(H,36,39)(H,37,41)/t23?,25-,27-,28-/m0/s1. The molecule has 0 aliphatic rings. The number of ether oxygens (including phenoxy) is 3. The second-order valence-corrected chi connectivity index (χ2v) is 14.2. The molecular formula is C35H60N2O7. The highest BCUT2D eigenvalue weighted by molar-refractivity contribution is 5.95. The van der Waals surface area contributed by atoms with E-state index in [0.717, 1.165) is 24.0 Å². The van der Waals surface area contributed by atoms with E-state index in [4.69, 9.17) is 14.2 Å². The second kappa shape index (κ2) is 17.6. The summed E-state index contributed by atoms with van der Waals surface area (Å²) in [4.78, 5) is 38.9. The number of carbonyl (C=O) groups excluding carboxylic acids is 3. The van der Waals surface area contributed by atoms with Gasteiger partial charge in [0.25, 0.3) is 0 Å². The third kappa shape index (κ3) is 12.7. The summed E-state index contributed by atoms with van der Waals surface area (Å²) in [6.45, 7) is 22.1. The molecule has 1 aromatic carbocycles. The van der Waals surface area contributed by atoms with Gasteiger partial charge in [-0.05, 0) is 76.2 Å². The van der Waals surface area contributed by atoms with Crippen LogP contribution in [-0.4, -0.2) is 61.1 Å². The summed E-state index contributed by atoms with van der Waals surface area (Å²) < 4.78 is 16.8. The van der Waals surface area contributed by atoms with E-state index in [-0.39, 0.29) is 36.2 Å². The fraction of sp³-hybridized carbons (Fsp3) is 0.743. The maximum atomic E-state index is 13.3. The lowest BCUT2D eigenvalue weighted by Gasteiger charge is -2.32. The van der Waals surface area contributed by atoms with Gasteiger partial charge in [0.2, 0.25) is 5.91 Å². The molecule has 2 amide bonds. The molecule has 1 unspecified atom stereocenters. The monoisotopic (exact) mass is 620 g/mol. The first kappa shape index (κ1) is 39.2. The molecule has 0 fully saturated rings. The molecule has 9 nitrogen and oxygen atoms in total. The van der Waals surface area contributed by atoms with Crippen molar-refractivity contribution in [1.29, 1.82) is 0 Å². The van der Waals surface area contributed by atoms with Crippen LogP contribution in [0.4, 0.5) is 4.79 Å². The summed E-state index contributed by atoms with van der Waals surface area (Å²) in [7, 11) is 1.56. The van der Waals surface area contributed by atoms with E-state index in [9.17, 15) is 19.5 Å². The molecule has 1 rings (SSSR count). The van der Waals surface area contributed by atoms with Gasteiger partial charge in [0.05, 0.1) is 25.9 Å². The Morgan fingerprint density at radius 1 is 0.977 bits per heavy atom. The number of amides is 2. The van der Waals surface area contributed by atoms with Crippen LogP contribution in [0.1, 0.15) is 123 Å². The highest BCUT2D eigenvalue weighted by Crippen LogP contribution is 2.38. The number of benzene rings is 1. The molecule has 252 valence electrons. The number of hydrogen-bond donors (Lipinski definition) is 3. The van der Waals surface area contributed by atoms with Gasteiger partial charge < -0.3 is 30.0 Å². The molecule has 9 heteroatoms. The SMILES string of the molecule is CCCCNC(=O)C(C)C[C@H](O)[C@H](C[C@H](Cc1ccc(C(C)(C)C)c(OC)c1C(=O)OCC)C(C)C)NC(=O)OC(C)(C)C. The molecule has 0 aliphatic heterocycles. The minimum atomic E-state index is -1.00. The molecule has 0 aliphatic carbocycles. The Morgan fingerprint density at radius 3 is 2.11 bits per heavy atom. The predicted molar refractivity (Wildman–Crippen MR) is 175 cm³/mol. The van der Waals surface area contributed by atoms with Crippen molar-refractivity contribution < 1.29 is 33.7 Å². The number of nitrogens with one attached hydrogen (secondary N) is 2. The molecule has 0 aromatic heterocycles. The molecule has 0 heterocycles. The lowest BCUT2D eigenvalue weighted by molar-refractivity contribution is -0.125. The predicted octanol–water partition coefficient (Wildman–Crippen LogP) is 6.57. The van der Waals surface area contributed by atoms with Gasteiger partial charge in [0, 0.05) is 18.0 Å². The van der Waals surface area contributed by atoms with E-state index in [2.05, 4.69) is 52.2 Å². The van der Waals surface area contributed by atoms with Crippen LogP contribution in [0.5, 0.6) is 5.75 Å². The fourth-order valence-electron chi connectivity index (χ4n) is 5.19. The van der Waals surface area contributed by atoms with Crippen LogP contribution in [0.2, 0.25) is 0 Å². The zero-order valence-corrected chi connectivity index (χ0v) is 29.4. The first-order chi connectivity index (χ1) is 20.4. The van der Waals surface area contributed by atoms with Crippen molar-refractivity contribution in [3.05, 3.63) is 28.8 Å². The number of hydrogen-bond acceptors (Lipinski definition) is 7. The molecular weight excluding hydrogens is 560 g/mol. The number of alkyl carbamates (subject to hydrolysis) is 1. The molecule has 1 aromatic rings. The van der Waals surface area contributed by atoms with Crippen molar-refractivity contribution in [2.24, 2.45) is 17.8 Å². The van der Waals surface area contributed by atoms with Gasteiger partial charge in [-0.25, -0.2) is 9.59 Å². The average molecular weight is 621 g/mol. The fourth-order valence-corrected chi connectivity index (χ4v) is 5.19. The largest absolute Gasteiger partial charge is 0.496 e. The Balaban J connectivity index is 3.46. The van der Waals surface area contributed by atoms with Crippen molar-refractivity contribution in [1.82, 2.24) is 10.6 Å². The van der Waals surface area contributed by atoms with E-state index in [1.165, 1.54) is 0 Å². The maximum Gasteiger partial charge on any atom is 0.407 e. The normalized spacial score (nSPS) is 14.8. The van der Waals surface area contributed by atoms with Gasteiger partial charge >= 0.3 is 12.1 Å². The molecule has 0 saturated carbocycles. The Morgan fingerprint density at radius 2 is 1.61 bits per heavy atom.